The SMILES string of the molecule is Cc1nc2ccc(C(=O)NCc3nccn3C)cc2nc1C. The summed E-state index contributed by atoms with van der Waals surface area (Å²) in [5, 5.41) is 2.86. The van der Waals surface area contributed by atoms with E-state index >= 15 is 0 Å². The fourth-order valence-electron chi connectivity index (χ4n) is 2.20. The van der Waals surface area contributed by atoms with Gasteiger partial charge < -0.3 is 9.88 Å². The molecule has 0 aliphatic carbocycles. The third-order valence-corrected chi connectivity index (χ3v) is 3.67. The van der Waals surface area contributed by atoms with E-state index in [1.165, 1.54) is 0 Å². The number of rotatable bonds is 3. The van der Waals surface area contributed by atoms with Gasteiger partial charge in [0.2, 0.25) is 0 Å². The summed E-state index contributed by atoms with van der Waals surface area (Å²) in [7, 11) is 1.89. The number of nitrogens with zero attached hydrogens (tertiary/aromatic N) is 4. The molecule has 6 nitrogen and oxygen atoms in total. The Hall–Kier alpha value is -2.76. The second kappa shape index (κ2) is 5.55. The van der Waals surface area contributed by atoms with Gasteiger partial charge in [-0.05, 0) is 32.0 Å². The first-order chi connectivity index (χ1) is 10.5. The highest BCUT2D eigenvalue weighted by atomic mass is 16.1. The Kier molecular flexibility index (Phi) is 3.58. The maximum Gasteiger partial charge on any atom is 0.251 e. The first-order valence-corrected chi connectivity index (χ1v) is 7.04. The maximum absolute atomic E-state index is 12.3. The van der Waals surface area contributed by atoms with Gasteiger partial charge in [-0.2, -0.15) is 0 Å². The number of hydrogen-bond donors (Lipinski definition) is 1. The monoisotopic (exact) mass is 295 g/mol. The van der Waals surface area contributed by atoms with Gasteiger partial charge in [-0.25, -0.2) is 15.0 Å². The van der Waals surface area contributed by atoms with Crippen LogP contribution in [-0.4, -0.2) is 25.4 Å². The van der Waals surface area contributed by atoms with Crippen LogP contribution in [0.15, 0.2) is 30.6 Å². The summed E-state index contributed by atoms with van der Waals surface area (Å²) in [5.41, 5.74) is 3.87. The van der Waals surface area contributed by atoms with Crippen LogP contribution in [0.3, 0.4) is 0 Å². The van der Waals surface area contributed by atoms with Crippen LogP contribution in [0.4, 0.5) is 0 Å². The molecular weight excluding hydrogens is 278 g/mol. The van der Waals surface area contributed by atoms with Crippen molar-refractivity contribution in [2.75, 3.05) is 0 Å². The second-order valence-corrected chi connectivity index (χ2v) is 5.23. The Morgan fingerprint density at radius 1 is 1.18 bits per heavy atom. The van der Waals surface area contributed by atoms with Crippen molar-refractivity contribution >= 4 is 16.9 Å². The third-order valence-electron chi connectivity index (χ3n) is 3.67. The zero-order valence-corrected chi connectivity index (χ0v) is 12.8. The largest absolute Gasteiger partial charge is 0.345 e. The van der Waals surface area contributed by atoms with Crippen molar-refractivity contribution in [3.05, 3.63) is 53.4 Å². The second-order valence-electron chi connectivity index (χ2n) is 5.23. The number of benzene rings is 1. The van der Waals surface area contributed by atoms with E-state index in [1.54, 1.807) is 18.3 Å². The zero-order valence-electron chi connectivity index (χ0n) is 12.8. The molecule has 2 heterocycles. The molecule has 22 heavy (non-hydrogen) atoms. The smallest absolute Gasteiger partial charge is 0.251 e. The molecule has 0 fully saturated rings. The van der Waals surface area contributed by atoms with Gasteiger partial charge in [-0.1, -0.05) is 0 Å². The molecule has 0 saturated heterocycles. The minimum atomic E-state index is -0.148. The summed E-state index contributed by atoms with van der Waals surface area (Å²) in [6, 6.07) is 5.35. The molecule has 0 saturated carbocycles. The van der Waals surface area contributed by atoms with Gasteiger partial charge >= 0.3 is 0 Å². The maximum atomic E-state index is 12.3. The Balaban J connectivity index is 1.82. The van der Waals surface area contributed by atoms with Crippen LogP contribution in [0.2, 0.25) is 0 Å². The van der Waals surface area contributed by atoms with Crippen molar-refractivity contribution in [2.24, 2.45) is 7.05 Å². The number of amides is 1. The first-order valence-electron chi connectivity index (χ1n) is 7.04. The fraction of sp³-hybridized carbons (Fsp3) is 0.250. The van der Waals surface area contributed by atoms with E-state index in [0.29, 0.717) is 12.1 Å². The molecule has 0 spiro atoms. The van der Waals surface area contributed by atoms with Crippen LogP contribution in [0.25, 0.3) is 11.0 Å². The number of fused-ring (bicyclic) bond motifs is 1. The summed E-state index contributed by atoms with van der Waals surface area (Å²) in [4.78, 5) is 25.4. The molecule has 6 heteroatoms. The van der Waals surface area contributed by atoms with Crippen molar-refractivity contribution in [2.45, 2.75) is 20.4 Å². The highest BCUT2D eigenvalue weighted by molar-refractivity contribution is 5.97. The molecule has 0 aliphatic rings. The molecule has 0 radical (unpaired) electrons. The van der Waals surface area contributed by atoms with Crippen molar-refractivity contribution in [3.8, 4) is 0 Å². The number of carbonyl (C=O) groups excluding carboxylic acids is 1. The van der Waals surface area contributed by atoms with E-state index in [4.69, 9.17) is 0 Å². The third kappa shape index (κ3) is 2.67. The van der Waals surface area contributed by atoms with Gasteiger partial charge in [-0.3, -0.25) is 4.79 Å². The molecule has 112 valence electrons. The van der Waals surface area contributed by atoms with Gasteiger partial charge in [-0.15, -0.1) is 0 Å². The minimum absolute atomic E-state index is 0.148. The zero-order chi connectivity index (χ0) is 15.7. The highest BCUT2D eigenvalue weighted by Crippen LogP contribution is 2.14. The van der Waals surface area contributed by atoms with Crippen molar-refractivity contribution in [1.29, 1.82) is 0 Å². The van der Waals surface area contributed by atoms with Crippen LogP contribution in [0, 0.1) is 13.8 Å². The molecule has 1 amide bonds. The number of carbonyl (C=O) groups is 1. The van der Waals surface area contributed by atoms with Crippen LogP contribution in [0.1, 0.15) is 27.6 Å². The Morgan fingerprint density at radius 3 is 2.59 bits per heavy atom. The molecule has 0 atom stereocenters. The standard InChI is InChI=1S/C16H17N5O/c1-10-11(2)20-14-8-12(4-5-13(14)19-10)16(22)18-9-15-17-6-7-21(15)3/h4-8H,9H2,1-3H3,(H,18,22). The van der Waals surface area contributed by atoms with Gasteiger partial charge in [0.15, 0.2) is 0 Å². The quantitative estimate of drug-likeness (QED) is 0.801. The van der Waals surface area contributed by atoms with E-state index in [9.17, 15) is 4.79 Å². The lowest BCUT2D eigenvalue weighted by Gasteiger charge is -2.07. The highest BCUT2D eigenvalue weighted by Gasteiger charge is 2.09. The van der Waals surface area contributed by atoms with Crippen LogP contribution in [0.5, 0.6) is 0 Å². The van der Waals surface area contributed by atoms with Gasteiger partial charge in [0.05, 0.1) is 29.0 Å². The molecule has 0 aliphatic heterocycles. The first kappa shape index (κ1) is 14.2. The summed E-state index contributed by atoms with van der Waals surface area (Å²) in [6.07, 6.45) is 3.55. The molecule has 1 aromatic carbocycles. The summed E-state index contributed by atoms with van der Waals surface area (Å²) in [6.45, 7) is 4.23. The molecule has 0 bridgehead atoms. The van der Waals surface area contributed by atoms with Crippen LogP contribution in [-0.2, 0) is 13.6 Å². The van der Waals surface area contributed by atoms with Crippen molar-refractivity contribution in [1.82, 2.24) is 24.8 Å². The number of aromatic nitrogens is 4. The Labute approximate surface area is 128 Å². The van der Waals surface area contributed by atoms with Gasteiger partial charge in [0.1, 0.15) is 5.82 Å². The van der Waals surface area contributed by atoms with Crippen LogP contribution < -0.4 is 5.32 Å². The summed E-state index contributed by atoms with van der Waals surface area (Å²) < 4.78 is 1.87. The fourth-order valence-corrected chi connectivity index (χ4v) is 2.20. The van der Waals surface area contributed by atoms with Gasteiger partial charge in [0, 0.05) is 25.0 Å². The predicted molar refractivity (Wildman–Crippen MR) is 83.4 cm³/mol. The number of nitrogens with one attached hydrogen (secondary N) is 1. The van der Waals surface area contributed by atoms with E-state index in [1.807, 2.05) is 37.7 Å². The topological polar surface area (TPSA) is 72.7 Å². The lowest BCUT2D eigenvalue weighted by Crippen LogP contribution is -2.24. The minimum Gasteiger partial charge on any atom is -0.345 e. The molecular formula is C16H17N5O. The molecule has 3 rings (SSSR count). The molecule has 0 unspecified atom stereocenters. The van der Waals surface area contributed by atoms with Gasteiger partial charge in [0.25, 0.3) is 5.91 Å². The molecule has 2 aromatic heterocycles. The predicted octanol–water partition coefficient (Wildman–Crippen LogP) is 1.91. The average Bonchev–Trinajstić information content (AvgIpc) is 2.91. The normalized spacial score (nSPS) is 10.9. The van der Waals surface area contributed by atoms with E-state index in [-0.39, 0.29) is 5.91 Å². The lowest BCUT2D eigenvalue weighted by atomic mass is 10.1. The average molecular weight is 295 g/mol. The van der Waals surface area contributed by atoms with E-state index in [2.05, 4.69) is 20.3 Å². The summed E-state index contributed by atoms with van der Waals surface area (Å²) in [5.74, 6) is 0.658. The van der Waals surface area contributed by atoms with E-state index in [0.717, 1.165) is 28.2 Å². The number of aryl methyl sites for hydroxylation is 3. The number of hydrogen-bond acceptors (Lipinski definition) is 4. The lowest BCUT2D eigenvalue weighted by molar-refractivity contribution is 0.0949. The van der Waals surface area contributed by atoms with Crippen molar-refractivity contribution < 1.29 is 4.79 Å². The number of imidazole rings is 1. The summed E-state index contributed by atoms with van der Waals surface area (Å²) >= 11 is 0. The molecule has 3 aromatic rings. The Morgan fingerprint density at radius 2 is 1.91 bits per heavy atom. The van der Waals surface area contributed by atoms with E-state index < -0.39 is 0 Å². The Bertz CT molecular complexity index is 853. The van der Waals surface area contributed by atoms with Crippen LogP contribution >= 0.6 is 0 Å². The van der Waals surface area contributed by atoms with Crippen molar-refractivity contribution in [3.63, 3.8) is 0 Å². The molecule has 1 N–H and O–H groups in total.